The van der Waals surface area contributed by atoms with Gasteiger partial charge in [0.2, 0.25) is 0 Å². The molecule has 23 heteroatoms. The van der Waals surface area contributed by atoms with E-state index in [1.807, 2.05) is 60.7 Å². The van der Waals surface area contributed by atoms with Gasteiger partial charge in [-0.3, -0.25) is 0 Å². The minimum Gasteiger partial charge on any atom is -0.456 e. The normalized spacial score (nSPS) is 11.7. The monoisotopic (exact) mass is 841 g/mol. The highest BCUT2D eigenvalue weighted by Crippen LogP contribution is 2.39. The van der Waals surface area contributed by atoms with E-state index in [0.29, 0.717) is 22.8 Å². The summed E-state index contributed by atoms with van der Waals surface area (Å²) in [7, 11) is 128. The molecule has 4 nitrogen and oxygen atoms in total. The van der Waals surface area contributed by atoms with Crippen molar-refractivity contribution < 1.29 is 4.42 Å². The number of hydrogen-bond acceptors (Lipinski definition) is 4. The second-order valence-corrected chi connectivity index (χ2v) is 16.8. The molecule has 0 aliphatic carbocycles. The van der Waals surface area contributed by atoms with Crippen molar-refractivity contribution in [3.8, 4) is 56.4 Å². The van der Waals surface area contributed by atoms with Crippen LogP contribution in [0, 0.1) is 0 Å². The zero-order chi connectivity index (χ0) is 50.3. The molecule has 10 rings (SSSR count). The molecular weight excluding hydrogens is 828 g/mol. The van der Waals surface area contributed by atoms with Crippen molar-refractivity contribution in [1.29, 1.82) is 0 Å². The third-order valence-corrected chi connectivity index (χ3v) is 13.0. The van der Waals surface area contributed by atoms with Crippen molar-refractivity contribution >= 4 is 296 Å². The lowest BCUT2D eigenvalue weighted by atomic mass is 9.56. The molecule has 0 aliphatic rings. The van der Waals surface area contributed by atoms with Crippen molar-refractivity contribution in [2.24, 2.45) is 0 Å². The maximum absolute atomic E-state index is 7.25. The second kappa shape index (κ2) is 17.3. The van der Waals surface area contributed by atoms with Crippen LogP contribution in [0.1, 0.15) is 0 Å². The topological polar surface area (TPSA) is 51.8 Å². The highest BCUT2D eigenvalue weighted by molar-refractivity contribution is 6.75. The van der Waals surface area contributed by atoms with Gasteiger partial charge in [-0.2, -0.15) is 0 Å². The maximum Gasteiger partial charge on any atom is 0.164 e. The van der Waals surface area contributed by atoms with E-state index in [1.54, 1.807) is 0 Å². The van der Waals surface area contributed by atoms with Gasteiger partial charge in [-0.1, -0.05) is 137 Å². The molecule has 0 saturated carbocycles. The average Bonchev–Trinajstić information content (AvgIpc) is 3.75. The summed E-state index contributed by atoms with van der Waals surface area (Å²) < 4.78 is 6.83. The zero-order valence-corrected chi connectivity index (χ0v) is 37.0. The first-order chi connectivity index (χ1) is 33.2. The minimum atomic E-state index is -0.179. The fourth-order valence-electron chi connectivity index (χ4n) is 9.41. The Labute approximate surface area is 430 Å². The Hall–Kier alpha value is -5.68. The summed E-state index contributed by atoms with van der Waals surface area (Å²) in [4.78, 5) is 14.8. The number of furan rings is 1. The van der Waals surface area contributed by atoms with Gasteiger partial charge < -0.3 is 4.42 Å². The second-order valence-electron chi connectivity index (χ2n) is 16.8. The summed E-state index contributed by atoms with van der Waals surface area (Å²) >= 11 is 0. The van der Waals surface area contributed by atoms with E-state index >= 15 is 0 Å². The number of aromatic nitrogens is 3. The van der Waals surface area contributed by atoms with Crippen LogP contribution in [0.15, 0.2) is 65.1 Å². The SMILES string of the molecule is [B]c1c([B])c(-c2c([B])c([B])c(-c3nc(-c4ccccc4)nc(-c4ccccc4)n3)c3c2oc2c([B])c4c([B])c([B])c([B])c([B])c4c([B])c23)c([B])c([B])c1-c1c([B])c([B])c2c([B])c([B])c([B])c([B])c2c1[B]. The lowest BCUT2D eigenvalue weighted by Crippen LogP contribution is -2.53. The van der Waals surface area contributed by atoms with Crippen LogP contribution >= 0.6 is 0 Å². The van der Waals surface area contributed by atoms with E-state index in [9.17, 15) is 0 Å². The molecule has 0 fully saturated rings. The Morgan fingerprint density at radius 2 is 0.543 bits per heavy atom. The number of benzene rings is 8. The van der Waals surface area contributed by atoms with Gasteiger partial charge in [-0.05, 0) is 43.7 Å². The molecule has 0 spiro atoms. The van der Waals surface area contributed by atoms with Gasteiger partial charge in [-0.15, -0.1) is 21.9 Å². The molecule has 0 N–H and O–H groups in total. The summed E-state index contributed by atoms with van der Waals surface area (Å²) in [5.74, 6) is 0.633. The summed E-state index contributed by atoms with van der Waals surface area (Å²) in [5, 5.41) is 1.01. The molecule has 70 heavy (non-hydrogen) atoms. The van der Waals surface area contributed by atoms with Crippen molar-refractivity contribution in [2.75, 3.05) is 0 Å². The summed E-state index contributed by atoms with van der Waals surface area (Å²) in [6, 6.07) is 18.5. The Kier molecular flexibility index (Phi) is 11.8. The van der Waals surface area contributed by atoms with Crippen LogP contribution in [0.2, 0.25) is 0 Å². The van der Waals surface area contributed by atoms with E-state index in [4.69, 9.17) is 168 Å². The van der Waals surface area contributed by atoms with E-state index < -0.39 is 0 Å². The van der Waals surface area contributed by atoms with E-state index in [1.165, 1.54) is 0 Å². The summed E-state index contributed by atoms with van der Waals surface area (Å²) in [6.45, 7) is 0. The third-order valence-electron chi connectivity index (χ3n) is 13.0. The van der Waals surface area contributed by atoms with Gasteiger partial charge in [0.15, 0.2) is 17.5 Å². The molecule has 0 atom stereocenters. The maximum atomic E-state index is 7.25. The highest BCUT2D eigenvalue weighted by Gasteiger charge is 2.30. The average molecular weight is 838 g/mol. The summed E-state index contributed by atoms with van der Waals surface area (Å²) in [6.07, 6.45) is 0. The van der Waals surface area contributed by atoms with Crippen LogP contribution in [0.5, 0.6) is 0 Å². The first kappa shape index (κ1) is 48.0. The Morgan fingerprint density at radius 1 is 0.229 bits per heavy atom. The lowest BCUT2D eigenvalue weighted by Gasteiger charge is -2.30. The van der Waals surface area contributed by atoms with Crippen LogP contribution in [-0.2, 0) is 0 Å². The van der Waals surface area contributed by atoms with E-state index in [0.717, 1.165) is 0 Å². The zero-order valence-electron chi connectivity index (χ0n) is 37.0. The molecule has 0 bridgehead atoms. The smallest absolute Gasteiger partial charge is 0.164 e. The number of rotatable bonds is 5. The van der Waals surface area contributed by atoms with E-state index in [-0.39, 0.29) is 181 Å². The van der Waals surface area contributed by atoms with Gasteiger partial charge >= 0.3 is 0 Å². The Balaban J connectivity index is 1.37. The molecular formula is C47H10B19N3O. The molecule has 2 aromatic heterocycles. The molecule has 2 heterocycles. The van der Waals surface area contributed by atoms with Gasteiger partial charge in [-0.25, -0.2) is 15.0 Å². The van der Waals surface area contributed by atoms with Crippen molar-refractivity contribution in [3.63, 3.8) is 0 Å². The first-order valence-electron chi connectivity index (χ1n) is 21.1. The third kappa shape index (κ3) is 6.75. The van der Waals surface area contributed by atoms with Crippen molar-refractivity contribution in [3.05, 3.63) is 60.7 Å². The van der Waals surface area contributed by atoms with Crippen LogP contribution < -0.4 is 104 Å². The highest BCUT2D eigenvalue weighted by atomic mass is 16.3. The fourth-order valence-corrected chi connectivity index (χ4v) is 9.41. The van der Waals surface area contributed by atoms with Crippen molar-refractivity contribution in [1.82, 2.24) is 15.0 Å². The van der Waals surface area contributed by atoms with Crippen LogP contribution in [0.3, 0.4) is 0 Å². The molecule has 10 aromatic rings. The van der Waals surface area contributed by atoms with Crippen LogP contribution in [-0.4, -0.2) is 164 Å². The number of nitrogens with zero attached hydrogens (tertiary/aromatic N) is 3. The molecule has 0 aliphatic heterocycles. The number of hydrogen-bond donors (Lipinski definition) is 0. The Morgan fingerprint density at radius 3 is 1.00 bits per heavy atom. The van der Waals surface area contributed by atoms with Crippen LogP contribution in [0.25, 0.3) is 99.9 Å². The lowest BCUT2D eigenvalue weighted by molar-refractivity contribution is 0.673. The van der Waals surface area contributed by atoms with Gasteiger partial charge in [0.25, 0.3) is 0 Å². The van der Waals surface area contributed by atoms with Gasteiger partial charge in [0, 0.05) is 33.0 Å². The summed E-state index contributed by atoms with van der Waals surface area (Å²) in [5.41, 5.74) is 0.182. The van der Waals surface area contributed by atoms with Crippen molar-refractivity contribution in [2.45, 2.75) is 0 Å². The predicted octanol–water partition coefficient (Wildman–Crippen LogP) is -10.5. The minimum absolute atomic E-state index is 0.00155. The number of fused-ring (bicyclic) bond motifs is 5. The first-order valence-corrected chi connectivity index (χ1v) is 21.1. The molecule has 0 unspecified atom stereocenters. The van der Waals surface area contributed by atoms with Crippen LogP contribution in [0.4, 0.5) is 0 Å². The molecule has 0 saturated heterocycles. The predicted molar refractivity (Wildman–Crippen MR) is 312 cm³/mol. The largest absolute Gasteiger partial charge is 0.456 e. The molecule has 0 amide bonds. The quantitative estimate of drug-likeness (QED) is 0.162. The van der Waals surface area contributed by atoms with E-state index in [2.05, 4.69) is 0 Å². The standard InChI is InChI=1S/C47H10B19N3O/c48-24-14(26(50)29(53)18-15(24)32(56)39(63)41(65)34(18)58)17-27(51)30(54)20(31(55)28(17)52)22-36(60)37(61)23(47-68-45(11-7-3-1-4-8-11)67-46(69-47)12-9-5-2-6-10-12)13-21-25(49)16-19(38(62)44(21)70-43(13)22)35(59)42(66)40(64)33(16)57/h1-10H. The molecule has 38 radical (unpaired) electrons. The Bertz CT molecular complexity index is 3910. The molecule has 276 valence electrons. The van der Waals surface area contributed by atoms with Gasteiger partial charge in [0.05, 0.1) is 0 Å². The fraction of sp³-hybridized carbons (Fsp3) is 0. The van der Waals surface area contributed by atoms with Gasteiger partial charge in [0.1, 0.15) is 160 Å². The molecule has 8 aromatic carbocycles.